The van der Waals surface area contributed by atoms with Crippen LogP contribution in [0.1, 0.15) is 33.1 Å². The number of amides is 1. The van der Waals surface area contributed by atoms with E-state index >= 15 is 0 Å². The van der Waals surface area contributed by atoms with Crippen molar-refractivity contribution in [3.63, 3.8) is 0 Å². The molecule has 6 nitrogen and oxygen atoms in total. The fourth-order valence-electron chi connectivity index (χ4n) is 3.62. The Morgan fingerprint density at radius 3 is 2.52 bits per heavy atom. The van der Waals surface area contributed by atoms with E-state index in [0.717, 1.165) is 34.9 Å². The normalized spacial score (nSPS) is 12.9. The van der Waals surface area contributed by atoms with Crippen LogP contribution in [0.4, 0.5) is 0 Å². The fraction of sp³-hybridized carbons (Fsp3) is 0.227. The smallest absolute Gasteiger partial charge is 0.269 e. The third kappa shape index (κ3) is 3.57. The Kier molecular flexibility index (Phi) is 5.22. The van der Waals surface area contributed by atoms with Gasteiger partial charge in [-0.1, -0.05) is 48.0 Å². The van der Waals surface area contributed by atoms with Gasteiger partial charge < -0.3 is 10.6 Å². The van der Waals surface area contributed by atoms with Crippen molar-refractivity contribution in [1.29, 1.82) is 0 Å². The molecule has 0 spiro atoms. The van der Waals surface area contributed by atoms with Crippen LogP contribution in [0.5, 0.6) is 0 Å². The highest BCUT2D eigenvalue weighted by Gasteiger charge is 2.27. The van der Waals surface area contributed by atoms with E-state index in [2.05, 4.69) is 9.88 Å². The van der Waals surface area contributed by atoms with Gasteiger partial charge in [0.25, 0.3) is 5.91 Å². The second-order valence-corrected chi connectivity index (χ2v) is 7.65. The SMILES string of the molecule is CN(C)CCc1nc(C(N)=O)c2n1-c1ccccc1C(c1ccccc1Cl)=NC2. The topological polar surface area (TPSA) is 76.5 Å². The Balaban J connectivity index is 1.95. The number of aromatic nitrogens is 2. The first-order valence-electron chi connectivity index (χ1n) is 9.41. The molecule has 0 saturated heterocycles. The van der Waals surface area contributed by atoms with Crippen molar-refractivity contribution in [2.75, 3.05) is 20.6 Å². The first-order chi connectivity index (χ1) is 14.0. The van der Waals surface area contributed by atoms with Gasteiger partial charge in [0.15, 0.2) is 5.69 Å². The summed E-state index contributed by atoms with van der Waals surface area (Å²) in [4.78, 5) is 23.6. The third-order valence-electron chi connectivity index (χ3n) is 4.97. The van der Waals surface area contributed by atoms with Crippen LogP contribution < -0.4 is 5.73 Å². The minimum absolute atomic E-state index is 0.276. The van der Waals surface area contributed by atoms with Gasteiger partial charge in [-0.2, -0.15) is 0 Å². The molecule has 0 radical (unpaired) electrons. The van der Waals surface area contributed by atoms with Gasteiger partial charge in [-0.15, -0.1) is 0 Å². The number of carbonyl (C=O) groups excluding carboxylic acids is 1. The number of hydrogen-bond acceptors (Lipinski definition) is 4. The largest absolute Gasteiger partial charge is 0.364 e. The monoisotopic (exact) mass is 407 g/mol. The Morgan fingerprint density at radius 1 is 1.14 bits per heavy atom. The highest BCUT2D eigenvalue weighted by Crippen LogP contribution is 2.30. The molecule has 0 aliphatic carbocycles. The Morgan fingerprint density at radius 2 is 1.83 bits per heavy atom. The number of rotatable bonds is 5. The van der Waals surface area contributed by atoms with Crippen molar-refractivity contribution in [3.8, 4) is 5.69 Å². The molecule has 0 atom stereocenters. The summed E-state index contributed by atoms with van der Waals surface area (Å²) in [6.07, 6.45) is 0.684. The van der Waals surface area contributed by atoms with Crippen LogP contribution in [0.2, 0.25) is 5.02 Å². The quantitative estimate of drug-likeness (QED) is 0.706. The number of aliphatic imine (C=N–C) groups is 1. The van der Waals surface area contributed by atoms with Crippen LogP contribution >= 0.6 is 11.6 Å². The minimum Gasteiger partial charge on any atom is -0.364 e. The molecule has 0 bridgehead atoms. The van der Waals surface area contributed by atoms with Crippen LogP contribution in [-0.2, 0) is 13.0 Å². The summed E-state index contributed by atoms with van der Waals surface area (Å²) >= 11 is 6.48. The third-order valence-corrected chi connectivity index (χ3v) is 5.30. The number of imidazole rings is 1. The van der Waals surface area contributed by atoms with Crippen LogP contribution in [0.15, 0.2) is 53.5 Å². The predicted molar refractivity (Wildman–Crippen MR) is 115 cm³/mol. The maximum atomic E-state index is 12.1. The average molecular weight is 408 g/mol. The first kappa shape index (κ1) is 19.4. The minimum atomic E-state index is -0.543. The lowest BCUT2D eigenvalue weighted by Gasteiger charge is -2.15. The van der Waals surface area contributed by atoms with Gasteiger partial charge in [0.2, 0.25) is 0 Å². The lowest BCUT2D eigenvalue weighted by molar-refractivity contribution is 0.0995. The predicted octanol–water partition coefficient (Wildman–Crippen LogP) is 3.08. The van der Waals surface area contributed by atoms with Crippen molar-refractivity contribution in [2.45, 2.75) is 13.0 Å². The Labute approximate surface area is 174 Å². The van der Waals surface area contributed by atoms with E-state index in [1.54, 1.807) is 0 Å². The molecule has 0 unspecified atom stereocenters. The van der Waals surface area contributed by atoms with E-state index in [9.17, 15) is 4.79 Å². The van der Waals surface area contributed by atoms with Crippen LogP contribution in [-0.4, -0.2) is 46.7 Å². The van der Waals surface area contributed by atoms with Crippen LogP contribution in [0.3, 0.4) is 0 Å². The van der Waals surface area contributed by atoms with Gasteiger partial charge in [-0.3, -0.25) is 14.4 Å². The summed E-state index contributed by atoms with van der Waals surface area (Å²) in [6.45, 7) is 1.09. The molecule has 1 aliphatic rings. The molecule has 7 heteroatoms. The second kappa shape index (κ2) is 7.81. The molecule has 2 N–H and O–H groups in total. The van der Waals surface area contributed by atoms with Gasteiger partial charge in [0.05, 0.1) is 23.6 Å². The highest BCUT2D eigenvalue weighted by atomic mass is 35.5. The average Bonchev–Trinajstić information content (AvgIpc) is 2.98. The zero-order chi connectivity index (χ0) is 20.5. The number of primary amides is 1. The molecule has 3 aromatic rings. The van der Waals surface area contributed by atoms with E-state index < -0.39 is 5.91 Å². The van der Waals surface area contributed by atoms with E-state index in [1.807, 2.05) is 67.2 Å². The van der Waals surface area contributed by atoms with Gasteiger partial charge in [-0.25, -0.2) is 4.98 Å². The van der Waals surface area contributed by atoms with Crippen molar-refractivity contribution >= 4 is 23.2 Å². The van der Waals surface area contributed by atoms with E-state index in [0.29, 0.717) is 23.7 Å². The molecule has 1 amide bonds. The molecular formula is C22H22ClN5O. The molecular weight excluding hydrogens is 386 g/mol. The van der Waals surface area contributed by atoms with Gasteiger partial charge in [0.1, 0.15) is 5.82 Å². The van der Waals surface area contributed by atoms with Crippen molar-refractivity contribution in [2.24, 2.45) is 10.7 Å². The number of para-hydroxylation sites is 1. The molecule has 2 aromatic carbocycles. The number of nitrogens with zero attached hydrogens (tertiary/aromatic N) is 4. The molecule has 0 fully saturated rings. The molecule has 0 saturated carbocycles. The number of carbonyl (C=O) groups is 1. The number of benzene rings is 2. The summed E-state index contributed by atoms with van der Waals surface area (Å²) in [7, 11) is 4.02. The van der Waals surface area contributed by atoms with Crippen LogP contribution in [0.25, 0.3) is 5.69 Å². The number of likely N-dealkylation sites (N-methyl/N-ethyl adjacent to an activating group) is 1. The van der Waals surface area contributed by atoms with Crippen molar-refractivity contribution in [3.05, 3.63) is 81.9 Å². The Hall–Kier alpha value is -2.96. The molecule has 29 heavy (non-hydrogen) atoms. The summed E-state index contributed by atoms with van der Waals surface area (Å²) in [5.41, 5.74) is 10.2. The van der Waals surface area contributed by atoms with E-state index in [-0.39, 0.29) is 5.69 Å². The molecule has 4 rings (SSSR count). The van der Waals surface area contributed by atoms with E-state index in [4.69, 9.17) is 22.3 Å². The zero-order valence-corrected chi connectivity index (χ0v) is 17.1. The Bertz CT molecular complexity index is 1120. The highest BCUT2D eigenvalue weighted by molar-refractivity contribution is 6.35. The van der Waals surface area contributed by atoms with Gasteiger partial charge >= 0.3 is 0 Å². The first-order valence-corrected chi connectivity index (χ1v) is 9.79. The summed E-state index contributed by atoms with van der Waals surface area (Å²) in [5.74, 6) is 0.254. The molecule has 2 heterocycles. The summed E-state index contributed by atoms with van der Waals surface area (Å²) in [6, 6.07) is 15.6. The number of nitrogens with two attached hydrogens (primary N) is 1. The number of hydrogen-bond donors (Lipinski definition) is 1. The molecule has 1 aliphatic heterocycles. The van der Waals surface area contributed by atoms with Crippen molar-refractivity contribution in [1.82, 2.24) is 14.5 Å². The number of halogens is 1. The summed E-state index contributed by atoms with van der Waals surface area (Å²) in [5, 5.41) is 0.633. The van der Waals surface area contributed by atoms with Gasteiger partial charge in [0, 0.05) is 29.1 Å². The second-order valence-electron chi connectivity index (χ2n) is 7.24. The molecule has 148 valence electrons. The molecule has 1 aromatic heterocycles. The van der Waals surface area contributed by atoms with Crippen molar-refractivity contribution < 1.29 is 4.79 Å². The summed E-state index contributed by atoms with van der Waals surface area (Å²) < 4.78 is 2.03. The lowest BCUT2D eigenvalue weighted by atomic mass is 10.0. The zero-order valence-electron chi connectivity index (χ0n) is 16.4. The standard InChI is InChI=1S/C22H22ClN5O/c1-27(2)12-11-19-26-21(22(24)29)18-13-25-20(14-7-3-5-9-16(14)23)15-8-4-6-10-17(15)28(18)19/h3-10H,11-13H2,1-2H3,(H2,24,29). The number of fused-ring (bicyclic) bond motifs is 3. The maximum absolute atomic E-state index is 12.1. The lowest BCUT2D eigenvalue weighted by Crippen LogP contribution is -2.18. The van der Waals surface area contributed by atoms with Crippen LogP contribution in [0, 0.1) is 0 Å². The maximum Gasteiger partial charge on any atom is 0.269 e. The van der Waals surface area contributed by atoms with Gasteiger partial charge in [-0.05, 0) is 26.2 Å². The fourth-order valence-corrected chi connectivity index (χ4v) is 3.84. The van der Waals surface area contributed by atoms with E-state index in [1.165, 1.54) is 0 Å².